The zero-order valence-corrected chi connectivity index (χ0v) is 11.1. The number of hydrogen-bond donors (Lipinski definition) is 3. The molecule has 0 aliphatic heterocycles. The average Bonchev–Trinajstić information content (AvgIpc) is 2.47. The number of aliphatic hydroxyl groups excluding tert-OH is 1. The maximum absolute atomic E-state index is 13.5. The average molecular weight is 276 g/mol. The van der Waals surface area contributed by atoms with Crippen LogP contribution in [0.3, 0.4) is 0 Å². The summed E-state index contributed by atoms with van der Waals surface area (Å²) in [5, 5.41) is 12.6. The van der Waals surface area contributed by atoms with Gasteiger partial charge in [0.2, 0.25) is 0 Å². The largest absolute Gasteiger partial charge is 0.494 e. The molecule has 0 aromatic heterocycles. The van der Waals surface area contributed by atoms with Crippen LogP contribution in [0.2, 0.25) is 0 Å². The lowest BCUT2D eigenvalue weighted by Gasteiger charge is -2.20. The number of methoxy groups -OCH3 is 1. The smallest absolute Gasteiger partial charge is 0.167 e. The van der Waals surface area contributed by atoms with E-state index in [2.05, 4.69) is 5.32 Å². The molecule has 0 spiro atoms. The molecule has 0 heterocycles. The Kier molecular flexibility index (Phi) is 4.42. The lowest BCUT2D eigenvalue weighted by Crippen LogP contribution is -2.16. The summed E-state index contributed by atoms with van der Waals surface area (Å²) in [5.74, 6) is -0.415. The minimum Gasteiger partial charge on any atom is -0.494 e. The fourth-order valence-electron chi connectivity index (χ4n) is 1.96. The van der Waals surface area contributed by atoms with Crippen LogP contribution in [0.5, 0.6) is 5.75 Å². The van der Waals surface area contributed by atoms with E-state index < -0.39 is 5.82 Å². The number of nitrogen functional groups attached to an aromatic ring is 1. The minimum absolute atomic E-state index is 0.103. The molecule has 2 rings (SSSR count). The molecular formula is C15H17FN2O2. The second-order valence-corrected chi connectivity index (χ2v) is 4.36. The van der Waals surface area contributed by atoms with Crippen molar-refractivity contribution in [3.63, 3.8) is 0 Å². The van der Waals surface area contributed by atoms with Gasteiger partial charge in [0.25, 0.3) is 0 Å². The number of nitrogens with one attached hydrogen (secondary N) is 1. The second-order valence-electron chi connectivity index (χ2n) is 4.36. The highest BCUT2D eigenvalue weighted by atomic mass is 19.1. The molecule has 2 aromatic rings. The van der Waals surface area contributed by atoms with Crippen LogP contribution < -0.4 is 15.8 Å². The van der Waals surface area contributed by atoms with Crippen molar-refractivity contribution in [2.24, 2.45) is 0 Å². The van der Waals surface area contributed by atoms with Crippen molar-refractivity contribution >= 4 is 11.4 Å². The van der Waals surface area contributed by atoms with Crippen molar-refractivity contribution in [1.82, 2.24) is 0 Å². The van der Waals surface area contributed by atoms with Crippen LogP contribution in [-0.4, -0.2) is 18.8 Å². The predicted molar refractivity (Wildman–Crippen MR) is 77.3 cm³/mol. The van der Waals surface area contributed by atoms with E-state index in [1.165, 1.54) is 19.2 Å². The molecule has 0 aliphatic rings. The van der Waals surface area contributed by atoms with Gasteiger partial charge in [-0.25, -0.2) is 4.39 Å². The molecule has 0 aliphatic carbocycles. The van der Waals surface area contributed by atoms with E-state index >= 15 is 0 Å². The van der Waals surface area contributed by atoms with Crippen LogP contribution in [0.1, 0.15) is 11.6 Å². The Labute approximate surface area is 117 Å². The number of benzene rings is 2. The molecule has 4 N–H and O–H groups in total. The Hall–Kier alpha value is -2.27. The predicted octanol–water partition coefficient (Wildman–Crippen LogP) is 2.56. The number of aliphatic hydroxyl groups is 1. The minimum atomic E-state index is -0.518. The quantitative estimate of drug-likeness (QED) is 0.734. The van der Waals surface area contributed by atoms with E-state index in [1.54, 1.807) is 0 Å². The molecule has 1 unspecified atom stereocenters. The zero-order chi connectivity index (χ0) is 14.5. The molecule has 5 heteroatoms. The number of ether oxygens (including phenoxy) is 1. The van der Waals surface area contributed by atoms with Gasteiger partial charge in [0.05, 0.1) is 31.1 Å². The molecule has 4 nitrogen and oxygen atoms in total. The van der Waals surface area contributed by atoms with Gasteiger partial charge in [0.1, 0.15) is 0 Å². The van der Waals surface area contributed by atoms with Crippen molar-refractivity contribution in [3.8, 4) is 5.75 Å². The molecular weight excluding hydrogens is 259 g/mol. The van der Waals surface area contributed by atoms with Crippen molar-refractivity contribution < 1.29 is 14.2 Å². The number of hydrogen-bond acceptors (Lipinski definition) is 4. The Morgan fingerprint density at radius 3 is 2.60 bits per heavy atom. The van der Waals surface area contributed by atoms with Gasteiger partial charge in [-0.15, -0.1) is 0 Å². The molecule has 0 bridgehead atoms. The number of halogens is 1. The third-order valence-electron chi connectivity index (χ3n) is 3.04. The van der Waals surface area contributed by atoms with Gasteiger partial charge in [-0.1, -0.05) is 30.3 Å². The van der Waals surface area contributed by atoms with Gasteiger partial charge >= 0.3 is 0 Å². The summed E-state index contributed by atoms with van der Waals surface area (Å²) in [6.45, 7) is -0.108. The molecule has 0 radical (unpaired) electrons. The number of rotatable bonds is 5. The van der Waals surface area contributed by atoms with E-state index in [0.717, 1.165) is 5.56 Å². The van der Waals surface area contributed by atoms with Crippen molar-refractivity contribution in [2.75, 3.05) is 24.8 Å². The summed E-state index contributed by atoms with van der Waals surface area (Å²) >= 11 is 0. The summed E-state index contributed by atoms with van der Waals surface area (Å²) in [4.78, 5) is 0. The van der Waals surface area contributed by atoms with Gasteiger partial charge < -0.3 is 20.9 Å². The van der Waals surface area contributed by atoms with Crippen molar-refractivity contribution in [2.45, 2.75) is 6.04 Å². The summed E-state index contributed by atoms with van der Waals surface area (Å²) in [6, 6.07) is 11.8. The maximum atomic E-state index is 13.5. The van der Waals surface area contributed by atoms with Gasteiger partial charge in [-0.3, -0.25) is 0 Å². The second kappa shape index (κ2) is 6.25. The first-order chi connectivity index (χ1) is 9.65. The monoisotopic (exact) mass is 276 g/mol. The molecule has 20 heavy (non-hydrogen) atoms. The first-order valence-corrected chi connectivity index (χ1v) is 6.21. The normalized spacial score (nSPS) is 11.9. The highest BCUT2D eigenvalue weighted by Crippen LogP contribution is 2.30. The summed E-state index contributed by atoms with van der Waals surface area (Å²) in [5.41, 5.74) is 7.48. The van der Waals surface area contributed by atoms with E-state index in [-0.39, 0.29) is 24.1 Å². The van der Waals surface area contributed by atoms with Crippen LogP contribution in [0.15, 0.2) is 42.5 Å². The zero-order valence-electron chi connectivity index (χ0n) is 11.1. The SMILES string of the molecule is COc1cc(NC(CO)c2ccccc2)c(N)cc1F. The Morgan fingerprint density at radius 1 is 1.30 bits per heavy atom. The highest BCUT2D eigenvalue weighted by molar-refractivity contribution is 5.69. The van der Waals surface area contributed by atoms with Crippen LogP contribution >= 0.6 is 0 Å². The van der Waals surface area contributed by atoms with Crippen LogP contribution in [0.25, 0.3) is 0 Å². The van der Waals surface area contributed by atoms with E-state index in [4.69, 9.17) is 10.5 Å². The van der Waals surface area contributed by atoms with Crippen LogP contribution in [0.4, 0.5) is 15.8 Å². The van der Waals surface area contributed by atoms with Gasteiger partial charge in [-0.2, -0.15) is 0 Å². The lowest BCUT2D eigenvalue weighted by molar-refractivity contribution is 0.276. The molecule has 1 atom stereocenters. The van der Waals surface area contributed by atoms with Gasteiger partial charge in [0, 0.05) is 12.1 Å². The molecule has 106 valence electrons. The fourth-order valence-corrected chi connectivity index (χ4v) is 1.96. The van der Waals surface area contributed by atoms with Gasteiger partial charge in [-0.05, 0) is 5.56 Å². The fraction of sp³-hybridized carbons (Fsp3) is 0.200. The van der Waals surface area contributed by atoms with Crippen LogP contribution in [0, 0.1) is 5.82 Å². The number of nitrogens with two attached hydrogens (primary N) is 1. The maximum Gasteiger partial charge on any atom is 0.167 e. The molecule has 0 saturated carbocycles. The highest BCUT2D eigenvalue weighted by Gasteiger charge is 2.14. The Bertz CT molecular complexity index is 576. The summed E-state index contributed by atoms with van der Waals surface area (Å²) in [6.07, 6.45) is 0. The molecule has 0 fully saturated rings. The lowest BCUT2D eigenvalue weighted by atomic mass is 10.1. The Morgan fingerprint density at radius 2 is 2.00 bits per heavy atom. The molecule has 2 aromatic carbocycles. The van der Waals surface area contributed by atoms with Crippen molar-refractivity contribution in [3.05, 3.63) is 53.8 Å². The first kappa shape index (κ1) is 14.1. The number of anilines is 2. The van der Waals surface area contributed by atoms with Crippen molar-refractivity contribution in [1.29, 1.82) is 0 Å². The third-order valence-corrected chi connectivity index (χ3v) is 3.04. The molecule has 0 saturated heterocycles. The topological polar surface area (TPSA) is 67.5 Å². The Balaban J connectivity index is 2.28. The standard InChI is InChI=1S/C15H17FN2O2/c1-20-15-8-13(12(17)7-11(15)16)18-14(9-19)10-5-3-2-4-6-10/h2-8,14,18-19H,9,17H2,1H3. The summed E-state index contributed by atoms with van der Waals surface area (Å²) in [7, 11) is 1.39. The molecule has 0 amide bonds. The van der Waals surface area contributed by atoms with E-state index in [1.807, 2.05) is 30.3 Å². The first-order valence-electron chi connectivity index (χ1n) is 6.21. The third kappa shape index (κ3) is 3.00. The van der Waals surface area contributed by atoms with E-state index in [0.29, 0.717) is 5.69 Å². The van der Waals surface area contributed by atoms with E-state index in [9.17, 15) is 9.50 Å². The van der Waals surface area contributed by atoms with Crippen LogP contribution in [-0.2, 0) is 0 Å². The summed E-state index contributed by atoms with van der Waals surface area (Å²) < 4.78 is 18.4. The van der Waals surface area contributed by atoms with Gasteiger partial charge in [0.15, 0.2) is 11.6 Å².